The molecule has 12 nitrogen and oxygen atoms in total. The Bertz CT molecular complexity index is 1700. The summed E-state index contributed by atoms with van der Waals surface area (Å²) >= 11 is 0. The SMILES string of the molecule is CN(C)[C@@H]1C(=O)C(C(N)=O)C(=O)[C@@]2(O)C(=O)C3C(=O)c4c(O)ccc(-c5ccc(CNCc6cccnc6)o5)c4C[C@H]3C[C@@H]12. The van der Waals surface area contributed by atoms with Crippen molar-refractivity contribution in [1.29, 1.82) is 0 Å². The minimum absolute atomic E-state index is 0.0271. The van der Waals surface area contributed by atoms with Gasteiger partial charge in [0.15, 0.2) is 34.7 Å². The van der Waals surface area contributed by atoms with Crippen LogP contribution in [0.15, 0.2) is 53.2 Å². The maximum atomic E-state index is 14.0. The van der Waals surface area contributed by atoms with E-state index >= 15 is 0 Å². The standard InChI is InChI=1S/C32H32N4O8/c1-36(2)26-20-11-16-10-19-18(22-8-5-17(44-22)14-35-13-15-4-3-9-34-12-15)6-7-21(37)24(19)27(38)23(16)29(40)32(20,43)30(41)25(28(26)39)31(33)42/h3-9,12,16,20,23,25-26,35,37,43H,10-11,13-14H2,1-2H3,(H2,33,42)/t16-,20-,23?,25?,26-,32-/m0/s1. The van der Waals surface area contributed by atoms with Crippen LogP contribution in [0.25, 0.3) is 11.3 Å². The number of hydrogen-bond donors (Lipinski definition) is 4. The van der Waals surface area contributed by atoms with Crippen molar-refractivity contribution < 1.29 is 38.6 Å². The van der Waals surface area contributed by atoms with Gasteiger partial charge in [0.25, 0.3) is 0 Å². The van der Waals surface area contributed by atoms with E-state index in [1.807, 2.05) is 12.1 Å². The molecule has 2 heterocycles. The fourth-order valence-corrected chi connectivity index (χ4v) is 7.29. The molecule has 1 amide bonds. The van der Waals surface area contributed by atoms with Gasteiger partial charge in [-0.3, -0.25) is 33.9 Å². The molecule has 2 unspecified atom stereocenters. The van der Waals surface area contributed by atoms with Crippen LogP contribution < -0.4 is 11.1 Å². The van der Waals surface area contributed by atoms with Crippen LogP contribution in [-0.2, 0) is 38.7 Å². The molecule has 2 aromatic heterocycles. The Morgan fingerprint density at radius 2 is 1.89 bits per heavy atom. The van der Waals surface area contributed by atoms with E-state index in [4.69, 9.17) is 10.2 Å². The Balaban J connectivity index is 1.34. The van der Waals surface area contributed by atoms with Gasteiger partial charge in [-0.25, -0.2) is 0 Å². The number of pyridine rings is 1. The van der Waals surface area contributed by atoms with Gasteiger partial charge in [0, 0.05) is 30.4 Å². The number of nitrogens with one attached hydrogen (secondary N) is 1. The van der Waals surface area contributed by atoms with E-state index in [1.54, 1.807) is 44.7 Å². The molecule has 0 radical (unpaired) electrons. The van der Waals surface area contributed by atoms with E-state index in [0.717, 1.165) is 5.56 Å². The highest BCUT2D eigenvalue weighted by atomic mass is 16.3. The molecule has 0 aliphatic heterocycles. The lowest BCUT2D eigenvalue weighted by Crippen LogP contribution is -2.74. The number of nitrogens with zero attached hydrogens (tertiary/aromatic N) is 2. The zero-order valence-electron chi connectivity index (χ0n) is 24.1. The molecular weight excluding hydrogens is 568 g/mol. The van der Waals surface area contributed by atoms with E-state index in [1.165, 1.54) is 11.0 Å². The van der Waals surface area contributed by atoms with Gasteiger partial charge in [-0.15, -0.1) is 0 Å². The highest BCUT2D eigenvalue weighted by Gasteiger charge is 2.69. The number of carbonyl (C=O) groups excluding carboxylic acids is 5. The molecule has 3 aromatic rings. The molecule has 0 spiro atoms. The molecule has 1 aromatic carbocycles. The number of carbonyl (C=O) groups is 5. The molecule has 12 heteroatoms. The third-order valence-electron chi connectivity index (χ3n) is 9.22. The number of aliphatic hydroxyl groups is 1. The first-order chi connectivity index (χ1) is 20.9. The summed E-state index contributed by atoms with van der Waals surface area (Å²) in [4.78, 5) is 72.3. The number of nitrogens with two attached hydrogens (primary N) is 1. The highest BCUT2D eigenvalue weighted by Crippen LogP contribution is 2.51. The molecule has 5 N–H and O–H groups in total. The van der Waals surface area contributed by atoms with Crippen LogP contribution in [0.5, 0.6) is 5.75 Å². The number of hydrogen-bond acceptors (Lipinski definition) is 11. The van der Waals surface area contributed by atoms with Gasteiger partial charge < -0.3 is 25.7 Å². The van der Waals surface area contributed by atoms with Gasteiger partial charge in [-0.2, -0.15) is 0 Å². The number of rotatable bonds is 7. The number of phenols is 1. The van der Waals surface area contributed by atoms with Crippen molar-refractivity contribution in [2.24, 2.45) is 29.4 Å². The quantitative estimate of drug-likeness (QED) is 0.281. The van der Waals surface area contributed by atoms with E-state index in [9.17, 15) is 34.2 Å². The fraction of sp³-hybridized carbons (Fsp3) is 0.375. The van der Waals surface area contributed by atoms with Crippen molar-refractivity contribution in [3.05, 3.63) is 71.2 Å². The molecule has 2 saturated carbocycles. The molecule has 3 aliphatic rings. The van der Waals surface area contributed by atoms with Crippen molar-refractivity contribution in [2.75, 3.05) is 14.1 Å². The fourth-order valence-electron chi connectivity index (χ4n) is 7.29. The van der Waals surface area contributed by atoms with E-state index in [2.05, 4.69) is 10.3 Å². The molecule has 2 fully saturated rings. The summed E-state index contributed by atoms with van der Waals surface area (Å²) in [5.74, 6) is -9.74. The van der Waals surface area contributed by atoms with Gasteiger partial charge in [0.2, 0.25) is 5.91 Å². The molecule has 6 atom stereocenters. The van der Waals surface area contributed by atoms with E-state index < -0.39 is 64.4 Å². The van der Waals surface area contributed by atoms with Gasteiger partial charge in [0.1, 0.15) is 17.3 Å². The summed E-state index contributed by atoms with van der Waals surface area (Å²) in [5, 5.41) is 25.8. The lowest BCUT2D eigenvalue weighted by Gasteiger charge is -2.52. The number of aromatic nitrogens is 1. The second kappa shape index (κ2) is 10.9. The number of ketones is 4. The summed E-state index contributed by atoms with van der Waals surface area (Å²) in [5.41, 5.74) is 4.57. The molecule has 44 heavy (non-hydrogen) atoms. The third-order valence-corrected chi connectivity index (χ3v) is 9.22. The number of furan rings is 1. The second-order valence-corrected chi connectivity index (χ2v) is 12.0. The Kier molecular flexibility index (Phi) is 7.31. The molecular formula is C32H32N4O8. The smallest absolute Gasteiger partial charge is 0.235 e. The number of aromatic hydroxyl groups is 1. The molecule has 228 valence electrons. The molecule has 0 saturated heterocycles. The number of benzene rings is 1. The van der Waals surface area contributed by atoms with Crippen molar-refractivity contribution >= 4 is 29.0 Å². The number of fused-ring (bicyclic) bond motifs is 3. The lowest BCUT2D eigenvalue weighted by atomic mass is 9.52. The summed E-state index contributed by atoms with van der Waals surface area (Å²) in [6, 6.07) is 9.20. The van der Waals surface area contributed by atoms with Crippen LogP contribution >= 0.6 is 0 Å². The molecule has 0 bridgehead atoms. The lowest BCUT2D eigenvalue weighted by molar-refractivity contribution is -0.181. The Morgan fingerprint density at radius 3 is 2.57 bits per heavy atom. The topological polar surface area (TPSA) is 193 Å². The average Bonchev–Trinajstić information content (AvgIpc) is 3.44. The normalized spacial score (nSPS) is 28.0. The van der Waals surface area contributed by atoms with Crippen LogP contribution in [0.1, 0.15) is 33.7 Å². The number of phenolic OH excluding ortho intramolecular Hbond substituents is 1. The largest absolute Gasteiger partial charge is 0.507 e. The summed E-state index contributed by atoms with van der Waals surface area (Å²) in [7, 11) is 3.09. The van der Waals surface area contributed by atoms with Crippen LogP contribution in [0.3, 0.4) is 0 Å². The van der Waals surface area contributed by atoms with E-state index in [0.29, 0.717) is 35.7 Å². The van der Waals surface area contributed by atoms with Gasteiger partial charge in [-0.05, 0) is 74.3 Å². The van der Waals surface area contributed by atoms with Crippen molar-refractivity contribution in [3.63, 3.8) is 0 Å². The second-order valence-electron chi connectivity index (χ2n) is 12.0. The Hall–Kier alpha value is -4.52. The summed E-state index contributed by atoms with van der Waals surface area (Å²) in [6.45, 7) is 1.00. The zero-order valence-corrected chi connectivity index (χ0v) is 24.1. The maximum Gasteiger partial charge on any atom is 0.235 e. The van der Waals surface area contributed by atoms with Crippen LogP contribution in [0.2, 0.25) is 0 Å². The third kappa shape index (κ3) is 4.48. The maximum absolute atomic E-state index is 14.0. The first kappa shape index (κ1) is 29.5. The predicted octanol–water partition coefficient (Wildman–Crippen LogP) is 0.812. The van der Waals surface area contributed by atoms with Crippen LogP contribution in [0, 0.1) is 23.7 Å². The Labute approximate surface area is 252 Å². The molecule has 6 rings (SSSR count). The van der Waals surface area contributed by atoms with Gasteiger partial charge in [-0.1, -0.05) is 6.07 Å². The first-order valence-corrected chi connectivity index (χ1v) is 14.3. The monoisotopic (exact) mass is 600 g/mol. The first-order valence-electron chi connectivity index (χ1n) is 14.3. The Morgan fingerprint density at radius 1 is 1.11 bits per heavy atom. The molecule has 3 aliphatic carbocycles. The van der Waals surface area contributed by atoms with Gasteiger partial charge >= 0.3 is 0 Å². The number of primary amides is 1. The van der Waals surface area contributed by atoms with Crippen molar-refractivity contribution in [2.45, 2.75) is 37.6 Å². The zero-order chi connectivity index (χ0) is 31.5. The average molecular weight is 601 g/mol. The minimum atomic E-state index is -2.76. The van der Waals surface area contributed by atoms with Crippen molar-refractivity contribution in [1.82, 2.24) is 15.2 Å². The van der Waals surface area contributed by atoms with E-state index in [-0.39, 0.29) is 24.2 Å². The minimum Gasteiger partial charge on any atom is -0.507 e. The van der Waals surface area contributed by atoms with Crippen molar-refractivity contribution in [3.8, 4) is 17.1 Å². The summed E-state index contributed by atoms with van der Waals surface area (Å²) in [6.07, 6.45) is 3.58. The van der Waals surface area contributed by atoms with Crippen LogP contribution in [-0.4, -0.2) is 74.9 Å². The predicted molar refractivity (Wildman–Crippen MR) is 154 cm³/mol. The summed E-state index contributed by atoms with van der Waals surface area (Å²) < 4.78 is 6.10. The highest BCUT2D eigenvalue weighted by molar-refractivity contribution is 6.32. The van der Waals surface area contributed by atoms with Gasteiger partial charge in [0.05, 0.1) is 24.1 Å². The number of likely N-dealkylation sites (N-methyl/N-ethyl adjacent to an activating group) is 1. The number of Topliss-reactive ketones (excluding diaryl/α,β-unsaturated/α-hetero) is 4. The van der Waals surface area contributed by atoms with Crippen LogP contribution in [0.4, 0.5) is 0 Å². The number of amides is 1.